The summed E-state index contributed by atoms with van der Waals surface area (Å²) in [6.45, 7) is 2.02. The van der Waals surface area contributed by atoms with Gasteiger partial charge in [0, 0.05) is 23.9 Å². The number of benzene rings is 1. The summed E-state index contributed by atoms with van der Waals surface area (Å²) in [7, 11) is 0. The molecule has 0 aliphatic heterocycles. The molecule has 18 heavy (non-hydrogen) atoms. The molecule has 0 saturated carbocycles. The van der Waals surface area contributed by atoms with Gasteiger partial charge < -0.3 is 15.7 Å². The molecule has 0 bridgehead atoms. The van der Waals surface area contributed by atoms with Gasteiger partial charge >= 0.3 is 11.8 Å². The second-order valence-electron chi connectivity index (χ2n) is 3.75. The molecule has 2 amide bonds. The molecule has 0 atom stereocenters. The Kier molecular flexibility index (Phi) is 5.61. The van der Waals surface area contributed by atoms with Gasteiger partial charge in [-0.25, -0.2) is 0 Å². The summed E-state index contributed by atoms with van der Waals surface area (Å²) < 4.78 is 0. The summed E-state index contributed by atoms with van der Waals surface area (Å²) in [6, 6.07) is 4.96. The molecule has 0 fully saturated rings. The van der Waals surface area contributed by atoms with Crippen molar-refractivity contribution in [1.29, 1.82) is 0 Å². The van der Waals surface area contributed by atoms with Gasteiger partial charge in [-0.15, -0.1) is 0 Å². The predicted octanol–water partition coefficient (Wildman–Crippen LogP) is 1.09. The van der Waals surface area contributed by atoms with E-state index in [1.54, 1.807) is 25.1 Å². The van der Waals surface area contributed by atoms with Crippen molar-refractivity contribution in [3.05, 3.63) is 28.8 Å². The van der Waals surface area contributed by atoms with Crippen molar-refractivity contribution in [2.45, 2.75) is 13.3 Å². The molecular weight excluding hydrogens is 256 g/mol. The molecule has 0 aliphatic carbocycles. The number of carbonyl (C=O) groups excluding carboxylic acids is 2. The van der Waals surface area contributed by atoms with Crippen LogP contribution >= 0.6 is 11.6 Å². The lowest BCUT2D eigenvalue weighted by molar-refractivity contribution is -0.136. The number of aliphatic hydroxyl groups excluding tert-OH is 1. The van der Waals surface area contributed by atoms with E-state index >= 15 is 0 Å². The van der Waals surface area contributed by atoms with Crippen molar-refractivity contribution < 1.29 is 14.7 Å². The Hall–Kier alpha value is -1.59. The molecule has 6 heteroatoms. The fraction of sp³-hybridized carbons (Fsp3) is 0.333. The number of nitrogens with one attached hydrogen (secondary N) is 2. The molecule has 98 valence electrons. The monoisotopic (exact) mass is 270 g/mol. The first-order valence-electron chi connectivity index (χ1n) is 5.51. The topological polar surface area (TPSA) is 78.4 Å². The number of aliphatic hydroxyl groups is 1. The van der Waals surface area contributed by atoms with Gasteiger partial charge in [0.05, 0.1) is 0 Å². The number of carbonyl (C=O) groups is 2. The van der Waals surface area contributed by atoms with Crippen LogP contribution in [0.15, 0.2) is 18.2 Å². The van der Waals surface area contributed by atoms with Gasteiger partial charge in [-0.05, 0) is 37.1 Å². The highest BCUT2D eigenvalue weighted by atomic mass is 35.5. The van der Waals surface area contributed by atoms with Crippen molar-refractivity contribution in [2.24, 2.45) is 0 Å². The lowest BCUT2D eigenvalue weighted by Gasteiger charge is -2.08. The zero-order valence-corrected chi connectivity index (χ0v) is 10.8. The van der Waals surface area contributed by atoms with Crippen LogP contribution in [-0.4, -0.2) is 30.1 Å². The number of amides is 2. The average molecular weight is 271 g/mol. The van der Waals surface area contributed by atoms with E-state index in [0.29, 0.717) is 17.1 Å². The van der Waals surface area contributed by atoms with Crippen molar-refractivity contribution in [3.63, 3.8) is 0 Å². The van der Waals surface area contributed by atoms with Crippen LogP contribution in [-0.2, 0) is 9.59 Å². The van der Waals surface area contributed by atoms with Crippen LogP contribution in [0.5, 0.6) is 0 Å². The van der Waals surface area contributed by atoms with Gasteiger partial charge in [-0.3, -0.25) is 9.59 Å². The van der Waals surface area contributed by atoms with E-state index in [4.69, 9.17) is 16.7 Å². The van der Waals surface area contributed by atoms with Gasteiger partial charge in [0.25, 0.3) is 0 Å². The van der Waals surface area contributed by atoms with E-state index in [1.165, 1.54) is 0 Å². The van der Waals surface area contributed by atoms with Crippen molar-refractivity contribution in [2.75, 3.05) is 18.5 Å². The van der Waals surface area contributed by atoms with Crippen LogP contribution in [0.1, 0.15) is 12.0 Å². The normalized spacial score (nSPS) is 9.94. The summed E-state index contributed by atoms with van der Waals surface area (Å²) in [6.07, 6.45) is 0.416. The highest BCUT2D eigenvalue weighted by Crippen LogP contribution is 2.19. The third-order valence-electron chi connectivity index (χ3n) is 2.26. The Labute approximate surface area is 110 Å². The van der Waals surface area contributed by atoms with E-state index < -0.39 is 11.8 Å². The molecule has 0 radical (unpaired) electrons. The first-order valence-corrected chi connectivity index (χ1v) is 5.88. The summed E-state index contributed by atoms with van der Waals surface area (Å²) >= 11 is 5.78. The number of hydrogen-bond acceptors (Lipinski definition) is 3. The Morgan fingerprint density at radius 3 is 2.67 bits per heavy atom. The molecule has 0 heterocycles. The van der Waals surface area contributed by atoms with Crippen LogP contribution in [0.3, 0.4) is 0 Å². The lowest BCUT2D eigenvalue weighted by atomic mass is 10.2. The molecule has 0 aromatic heterocycles. The summed E-state index contributed by atoms with van der Waals surface area (Å²) in [5.41, 5.74) is 1.32. The van der Waals surface area contributed by atoms with Gasteiger partial charge in [0.2, 0.25) is 0 Å². The third kappa shape index (κ3) is 4.35. The molecule has 0 saturated heterocycles. The Bertz CT molecular complexity index is 449. The van der Waals surface area contributed by atoms with Gasteiger partial charge in [-0.2, -0.15) is 0 Å². The van der Waals surface area contributed by atoms with E-state index in [9.17, 15) is 9.59 Å². The molecule has 1 aromatic carbocycles. The van der Waals surface area contributed by atoms with Gasteiger partial charge in [-0.1, -0.05) is 11.6 Å². The summed E-state index contributed by atoms with van der Waals surface area (Å²) in [5, 5.41) is 14.0. The van der Waals surface area contributed by atoms with Crippen LogP contribution in [0.4, 0.5) is 5.69 Å². The first kappa shape index (κ1) is 14.5. The van der Waals surface area contributed by atoms with Crippen LogP contribution in [0, 0.1) is 6.92 Å². The minimum absolute atomic E-state index is 0.0296. The second kappa shape index (κ2) is 6.98. The number of hydrogen-bond donors (Lipinski definition) is 3. The Balaban J connectivity index is 2.56. The molecule has 1 rings (SSSR count). The predicted molar refractivity (Wildman–Crippen MR) is 69.5 cm³/mol. The molecule has 0 unspecified atom stereocenters. The fourth-order valence-electron chi connectivity index (χ4n) is 1.31. The Morgan fingerprint density at radius 1 is 1.33 bits per heavy atom. The summed E-state index contributed by atoms with van der Waals surface area (Å²) in [4.78, 5) is 22.9. The average Bonchev–Trinajstić information content (AvgIpc) is 2.32. The number of anilines is 1. The lowest BCUT2D eigenvalue weighted by Crippen LogP contribution is -2.36. The van der Waals surface area contributed by atoms with E-state index in [1.807, 2.05) is 0 Å². The zero-order chi connectivity index (χ0) is 13.5. The van der Waals surface area contributed by atoms with E-state index in [2.05, 4.69) is 10.6 Å². The number of aryl methyl sites for hydroxylation is 1. The quantitative estimate of drug-likeness (QED) is 0.566. The molecule has 0 aliphatic rings. The van der Waals surface area contributed by atoms with Crippen molar-refractivity contribution in [1.82, 2.24) is 5.32 Å². The second-order valence-corrected chi connectivity index (χ2v) is 4.18. The summed E-state index contributed by atoms with van der Waals surface area (Å²) in [5.74, 6) is -1.46. The van der Waals surface area contributed by atoms with Gasteiger partial charge in [0.15, 0.2) is 0 Å². The van der Waals surface area contributed by atoms with E-state index in [-0.39, 0.29) is 13.2 Å². The minimum atomic E-state index is -0.738. The maximum Gasteiger partial charge on any atom is 0.313 e. The van der Waals surface area contributed by atoms with E-state index in [0.717, 1.165) is 5.56 Å². The van der Waals surface area contributed by atoms with Crippen LogP contribution in [0.2, 0.25) is 5.02 Å². The number of halogens is 1. The maximum atomic E-state index is 11.5. The zero-order valence-electron chi connectivity index (χ0n) is 10.00. The third-order valence-corrected chi connectivity index (χ3v) is 2.50. The first-order chi connectivity index (χ1) is 8.54. The van der Waals surface area contributed by atoms with Crippen molar-refractivity contribution >= 4 is 29.1 Å². The molecule has 5 nitrogen and oxygen atoms in total. The largest absolute Gasteiger partial charge is 0.396 e. The van der Waals surface area contributed by atoms with Crippen molar-refractivity contribution in [3.8, 4) is 0 Å². The highest BCUT2D eigenvalue weighted by molar-refractivity contribution is 6.39. The van der Waals surface area contributed by atoms with Gasteiger partial charge in [0.1, 0.15) is 0 Å². The van der Waals surface area contributed by atoms with Crippen LogP contribution < -0.4 is 10.6 Å². The molecule has 0 spiro atoms. The molecule has 1 aromatic rings. The number of rotatable bonds is 4. The highest BCUT2D eigenvalue weighted by Gasteiger charge is 2.13. The Morgan fingerprint density at radius 2 is 2.06 bits per heavy atom. The standard InChI is InChI=1S/C12H15ClN2O3/c1-8-7-9(13)3-4-10(8)15-12(18)11(17)14-5-2-6-16/h3-4,7,16H,2,5-6H2,1H3,(H,14,17)(H,15,18). The minimum Gasteiger partial charge on any atom is -0.396 e. The maximum absolute atomic E-state index is 11.5. The molecular formula is C12H15ClN2O3. The van der Waals surface area contributed by atoms with Crippen LogP contribution in [0.25, 0.3) is 0 Å². The smallest absolute Gasteiger partial charge is 0.313 e. The SMILES string of the molecule is Cc1cc(Cl)ccc1NC(=O)C(=O)NCCCO. The molecule has 3 N–H and O–H groups in total. The fourth-order valence-corrected chi connectivity index (χ4v) is 1.53.